The Morgan fingerprint density at radius 2 is 1.56 bits per heavy atom. The van der Waals surface area contributed by atoms with Crippen LogP contribution in [0.4, 0.5) is 0 Å². The van der Waals surface area contributed by atoms with E-state index in [2.05, 4.69) is 129 Å². The molecule has 3 rings (SSSR count). The number of carbonyl (C=O) groups is 2. The SMILES string of the molecule is CCCC(C=COc1c(I)cc(CC(C)C)c(OCc2ccccc2)c1CO[Si](C)(C)C(C)(C)C)C(=O)C[C@@H](O[Si](C)(C)C(C)(C)C)C1(C(=O)OCC)O[C@H]1CC. The van der Waals surface area contributed by atoms with Gasteiger partial charge in [0.2, 0.25) is 5.60 Å². The third-order valence-electron chi connectivity index (χ3n) is 11.9. The first kappa shape index (κ1) is 49.3. The number of ether oxygens (including phenoxy) is 4. The molecule has 11 heteroatoms. The summed E-state index contributed by atoms with van der Waals surface area (Å²) in [6.45, 7) is 33.2. The quantitative estimate of drug-likeness (QED) is 0.0379. The molecule has 4 atom stereocenters. The van der Waals surface area contributed by atoms with Crippen molar-refractivity contribution in [3.8, 4) is 11.5 Å². The Labute approximate surface area is 360 Å². The van der Waals surface area contributed by atoms with E-state index in [1.54, 1.807) is 13.2 Å². The van der Waals surface area contributed by atoms with E-state index >= 15 is 0 Å². The van der Waals surface area contributed by atoms with Crippen LogP contribution in [-0.2, 0) is 47.5 Å². The summed E-state index contributed by atoms with van der Waals surface area (Å²) in [5.41, 5.74) is 1.77. The van der Waals surface area contributed by atoms with Crippen LogP contribution in [0.15, 0.2) is 48.7 Å². The molecule has 0 N–H and O–H groups in total. The van der Waals surface area contributed by atoms with Gasteiger partial charge in [0.25, 0.3) is 0 Å². The van der Waals surface area contributed by atoms with Crippen molar-refractivity contribution in [1.82, 2.24) is 0 Å². The van der Waals surface area contributed by atoms with Crippen molar-refractivity contribution in [3.63, 3.8) is 0 Å². The predicted octanol–water partition coefficient (Wildman–Crippen LogP) is 12.4. The number of hydrogen-bond donors (Lipinski definition) is 0. The molecule has 1 saturated heterocycles. The average Bonchev–Trinajstić information content (AvgIpc) is 3.86. The van der Waals surface area contributed by atoms with Gasteiger partial charge in [-0.1, -0.05) is 106 Å². The molecule has 0 saturated carbocycles. The molecule has 0 spiro atoms. The van der Waals surface area contributed by atoms with Gasteiger partial charge in [0.05, 0.1) is 34.7 Å². The standard InChI is InChI=1S/C46H73IO8Si2/c1-16-22-34(38(48)29-40(55-57(14,15)45(9,10)11)46(39(17-2)54-46)43(49)50-18-3)25-26-51-42-36(31-53-56(12,13)44(6,7)8)41(35(27-32(4)5)28-37(42)47)52-30-33-23-20-19-21-24-33/h19-21,23-26,28,32,34,39-40H,16-18,22,27,29-31H2,1-15H3/t34?,39-,40+,46?/m0/s1. The van der Waals surface area contributed by atoms with Crippen molar-refractivity contribution in [2.45, 2.75) is 176 Å². The van der Waals surface area contributed by atoms with Crippen LogP contribution in [0.3, 0.4) is 0 Å². The lowest BCUT2D eigenvalue weighted by molar-refractivity contribution is -0.154. The first-order chi connectivity index (χ1) is 26.4. The zero-order valence-electron chi connectivity index (χ0n) is 37.7. The molecule has 0 amide bonds. The Morgan fingerprint density at radius 1 is 0.930 bits per heavy atom. The highest BCUT2D eigenvalue weighted by molar-refractivity contribution is 14.1. The van der Waals surface area contributed by atoms with E-state index in [4.69, 9.17) is 27.8 Å². The monoisotopic (exact) mass is 936 g/mol. The summed E-state index contributed by atoms with van der Waals surface area (Å²) >= 11 is 2.35. The van der Waals surface area contributed by atoms with Gasteiger partial charge < -0.3 is 27.8 Å². The molecule has 1 aliphatic heterocycles. The normalized spacial score (nSPS) is 18.8. The van der Waals surface area contributed by atoms with Crippen LogP contribution >= 0.6 is 22.6 Å². The highest BCUT2D eigenvalue weighted by Crippen LogP contribution is 2.49. The summed E-state index contributed by atoms with van der Waals surface area (Å²) in [4.78, 5) is 28.0. The lowest BCUT2D eigenvalue weighted by Crippen LogP contribution is -2.52. The van der Waals surface area contributed by atoms with Gasteiger partial charge in [-0.15, -0.1) is 0 Å². The van der Waals surface area contributed by atoms with E-state index in [1.807, 2.05) is 31.2 Å². The maximum Gasteiger partial charge on any atom is 0.343 e. The van der Waals surface area contributed by atoms with Gasteiger partial charge >= 0.3 is 5.97 Å². The van der Waals surface area contributed by atoms with Gasteiger partial charge in [0.15, 0.2) is 16.6 Å². The number of carbonyl (C=O) groups excluding carboxylic acids is 2. The zero-order chi connectivity index (χ0) is 43.0. The summed E-state index contributed by atoms with van der Waals surface area (Å²) in [5.74, 6) is 0.930. The molecule has 320 valence electrons. The fourth-order valence-electron chi connectivity index (χ4n) is 6.40. The summed E-state index contributed by atoms with van der Waals surface area (Å²) in [7, 11) is -4.61. The number of benzene rings is 2. The Bertz CT molecular complexity index is 1660. The van der Waals surface area contributed by atoms with Crippen LogP contribution in [-0.4, -0.2) is 52.8 Å². The molecule has 0 aliphatic carbocycles. The number of halogens is 1. The predicted molar refractivity (Wildman–Crippen MR) is 245 cm³/mol. The fraction of sp³-hybridized carbons (Fsp3) is 0.652. The summed E-state index contributed by atoms with van der Waals surface area (Å²) in [6.07, 6.45) is 5.27. The number of ketones is 1. The van der Waals surface area contributed by atoms with Gasteiger partial charge in [-0.2, -0.15) is 0 Å². The topological polar surface area (TPSA) is 92.8 Å². The highest BCUT2D eigenvalue weighted by Gasteiger charge is 2.69. The van der Waals surface area contributed by atoms with Gasteiger partial charge in [-0.3, -0.25) is 4.79 Å². The fourth-order valence-corrected chi connectivity index (χ4v) is 9.49. The van der Waals surface area contributed by atoms with Crippen molar-refractivity contribution in [2.75, 3.05) is 6.61 Å². The van der Waals surface area contributed by atoms with E-state index in [-0.39, 0.29) is 35.0 Å². The van der Waals surface area contributed by atoms with Crippen LogP contribution in [0.25, 0.3) is 0 Å². The minimum atomic E-state index is -2.44. The first-order valence-electron chi connectivity index (χ1n) is 21.0. The van der Waals surface area contributed by atoms with Crippen molar-refractivity contribution in [1.29, 1.82) is 0 Å². The van der Waals surface area contributed by atoms with Crippen LogP contribution in [0, 0.1) is 15.4 Å². The maximum atomic E-state index is 14.4. The number of rotatable bonds is 22. The molecule has 0 aromatic heterocycles. The van der Waals surface area contributed by atoms with Gasteiger partial charge in [0.1, 0.15) is 30.0 Å². The number of epoxide rings is 1. The van der Waals surface area contributed by atoms with Gasteiger partial charge in [0, 0.05) is 12.3 Å². The van der Waals surface area contributed by atoms with Crippen molar-refractivity contribution in [2.24, 2.45) is 11.8 Å². The van der Waals surface area contributed by atoms with E-state index in [1.165, 1.54) is 0 Å². The third-order valence-corrected chi connectivity index (χ3v) is 21.7. The molecular weight excluding hydrogens is 864 g/mol. The minimum absolute atomic E-state index is 0.0100. The molecule has 0 bridgehead atoms. The van der Waals surface area contributed by atoms with Crippen molar-refractivity contribution in [3.05, 3.63) is 69.0 Å². The smallest absolute Gasteiger partial charge is 0.343 e. The second-order valence-electron chi connectivity index (χ2n) is 19.0. The molecule has 1 fully saturated rings. The number of hydrogen-bond acceptors (Lipinski definition) is 8. The maximum absolute atomic E-state index is 14.4. The average molecular weight is 937 g/mol. The Kier molecular flexibility index (Phi) is 17.7. The lowest BCUT2D eigenvalue weighted by atomic mass is 9.88. The largest absolute Gasteiger partial charge is 0.488 e. The van der Waals surface area contributed by atoms with Crippen LogP contribution in [0.1, 0.15) is 119 Å². The van der Waals surface area contributed by atoms with Gasteiger partial charge in [-0.25, -0.2) is 4.79 Å². The molecule has 57 heavy (non-hydrogen) atoms. The minimum Gasteiger partial charge on any atom is -0.488 e. The van der Waals surface area contributed by atoms with E-state index in [0.29, 0.717) is 37.7 Å². The van der Waals surface area contributed by atoms with Gasteiger partial charge in [-0.05, 0) is 114 Å². The summed E-state index contributed by atoms with van der Waals surface area (Å²) < 4.78 is 39.8. The molecule has 1 heterocycles. The first-order valence-corrected chi connectivity index (χ1v) is 27.9. The molecule has 0 radical (unpaired) electrons. The lowest BCUT2D eigenvalue weighted by Gasteiger charge is -2.40. The third kappa shape index (κ3) is 12.7. The Balaban J connectivity index is 2.06. The zero-order valence-corrected chi connectivity index (χ0v) is 41.9. The van der Waals surface area contributed by atoms with E-state index in [0.717, 1.165) is 38.9 Å². The van der Waals surface area contributed by atoms with E-state index < -0.39 is 40.2 Å². The van der Waals surface area contributed by atoms with Crippen LogP contribution in [0.5, 0.6) is 11.5 Å². The summed E-state index contributed by atoms with van der Waals surface area (Å²) in [6, 6.07) is 12.3. The summed E-state index contributed by atoms with van der Waals surface area (Å²) in [5, 5.41) is -0.134. The van der Waals surface area contributed by atoms with Crippen LogP contribution < -0.4 is 9.47 Å². The molecule has 8 nitrogen and oxygen atoms in total. The van der Waals surface area contributed by atoms with Crippen molar-refractivity contribution < 1.29 is 37.4 Å². The molecule has 2 aromatic rings. The number of allylic oxidation sites excluding steroid dienone is 1. The Hall–Kier alpha value is -2.04. The Morgan fingerprint density at radius 3 is 2.09 bits per heavy atom. The van der Waals surface area contributed by atoms with Crippen LogP contribution in [0.2, 0.25) is 36.3 Å². The molecular formula is C46H73IO8Si2. The number of esters is 1. The highest BCUT2D eigenvalue weighted by atomic mass is 127. The molecule has 2 aromatic carbocycles. The second-order valence-corrected chi connectivity index (χ2v) is 29.7. The molecule has 1 aliphatic rings. The van der Waals surface area contributed by atoms with Crippen molar-refractivity contribution >= 4 is 51.0 Å². The number of Topliss-reactive ketones (excluding diaryl/α,β-unsaturated/α-hetero) is 1. The second kappa shape index (κ2) is 20.5. The van der Waals surface area contributed by atoms with E-state index in [9.17, 15) is 9.59 Å². The molecule has 2 unspecified atom stereocenters.